The standard InChI is InChI=1S/C7H13NO2.C6H11NO/c1-3-4-5-6(8)7(9)10-2;8-6-4-2-1-3-5-7-6/h5H,3-4,8H2,1-2H3;1-5H2,(H,7,8)/b6-5-;. The van der Waals surface area contributed by atoms with E-state index in [4.69, 9.17) is 5.73 Å². The molecule has 3 N–H and O–H groups in total. The lowest BCUT2D eigenvalue weighted by Crippen LogP contribution is -2.21. The molecule has 0 bridgehead atoms. The Morgan fingerprint density at radius 3 is 2.78 bits per heavy atom. The number of ether oxygens (including phenoxy) is 1. The predicted octanol–water partition coefficient (Wildman–Crippen LogP) is 1.48. The molecule has 1 amide bonds. The van der Waals surface area contributed by atoms with E-state index < -0.39 is 5.97 Å². The molecule has 1 rings (SSSR count). The molecule has 5 heteroatoms. The fourth-order valence-electron chi connectivity index (χ4n) is 1.40. The molecule has 0 aromatic heterocycles. The van der Waals surface area contributed by atoms with Crippen LogP contribution in [0.1, 0.15) is 45.4 Å². The summed E-state index contributed by atoms with van der Waals surface area (Å²) in [4.78, 5) is 21.2. The fraction of sp³-hybridized carbons (Fsp3) is 0.692. The van der Waals surface area contributed by atoms with Crippen molar-refractivity contribution < 1.29 is 14.3 Å². The van der Waals surface area contributed by atoms with E-state index in [1.165, 1.54) is 13.5 Å². The van der Waals surface area contributed by atoms with E-state index >= 15 is 0 Å². The van der Waals surface area contributed by atoms with Crippen LogP contribution in [0.2, 0.25) is 0 Å². The van der Waals surface area contributed by atoms with E-state index in [1.54, 1.807) is 6.08 Å². The van der Waals surface area contributed by atoms with Crippen LogP contribution in [0.3, 0.4) is 0 Å². The van der Waals surface area contributed by atoms with Crippen molar-refractivity contribution in [1.82, 2.24) is 5.32 Å². The van der Waals surface area contributed by atoms with E-state index in [1.807, 2.05) is 6.92 Å². The number of hydrogen-bond acceptors (Lipinski definition) is 4. The van der Waals surface area contributed by atoms with Crippen LogP contribution in [-0.2, 0) is 14.3 Å². The number of carbonyl (C=O) groups is 2. The molecule has 1 fully saturated rings. The lowest BCUT2D eigenvalue weighted by molar-refractivity contribution is -0.136. The molecule has 1 heterocycles. The number of unbranched alkanes of at least 4 members (excludes halogenated alkanes) is 1. The monoisotopic (exact) mass is 256 g/mol. The lowest BCUT2D eigenvalue weighted by atomic mass is 10.2. The first-order valence-corrected chi connectivity index (χ1v) is 6.42. The minimum Gasteiger partial charge on any atom is -0.464 e. The summed E-state index contributed by atoms with van der Waals surface area (Å²) < 4.78 is 4.38. The van der Waals surface area contributed by atoms with E-state index in [-0.39, 0.29) is 11.6 Å². The quantitative estimate of drug-likeness (QED) is 0.592. The third-order valence-corrected chi connectivity index (χ3v) is 2.48. The number of carbonyl (C=O) groups excluding carboxylic acids is 2. The Morgan fingerprint density at radius 2 is 2.17 bits per heavy atom. The van der Waals surface area contributed by atoms with Gasteiger partial charge in [-0.15, -0.1) is 0 Å². The zero-order valence-corrected chi connectivity index (χ0v) is 11.3. The van der Waals surface area contributed by atoms with Crippen LogP contribution in [0.25, 0.3) is 0 Å². The molecule has 0 unspecified atom stereocenters. The first-order chi connectivity index (χ1) is 8.61. The highest BCUT2D eigenvalue weighted by molar-refractivity contribution is 5.87. The fourth-order valence-corrected chi connectivity index (χ4v) is 1.40. The summed E-state index contributed by atoms with van der Waals surface area (Å²) in [6, 6.07) is 0. The van der Waals surface area contributed by atoms with Crippen LogP contribution in [0.4, 0.5) is 0 Å². The van der Waals surface area contributed by atoms with Gasteiger partial charge in [-0.1, -0.05) is 25.8 Å². The molecule has 0 atom stereocenters. The number of methoxy groups -OCH3 is 1. The van der Waals surface area contributed by atoms with Crippen molar-refractivity contribution in [1.29, 1.82) is 0 Å². The van der Waals surface area contributed by atoms with Crippen LogP contribution < -0.4 is 11.1 Å². The SMILES string of the molecule is CCC/C=C(\N)C(=O)OC.O=C1CCCCCN1. The predicted molar refractivity (Wildman–Crippen MR) is 70.7 cm³/mol. The van der Waals surface area contributed by atoms with Gasteiger partial charge in [-0.3, -0.25) is 4.79 Å². The van der Waals surface area contributed by atoms with Crippen molar-refractivity contribution in [3.8, 4) is 0 Å². The van der Waals surface area contributed by atoms with E-state index in [0.29, 0.717) is 0 Å². The molecule has 5 nitrogen and oxygen atoms in total. The van der Waals surface area contributed by atoms with Gasteiger partial charge in [-0.2, -0.15) is 0 Å². The van der Waals surface area contributed by atoms with Crippen molar-refractivity contribution in [3.05, 3.63) is 11.8 Å². The van der Waals surface area contributed by atoms with Gasteiger partial charge in [0.05, 0.1) is 7.11 Å². The largest absolute Gasteiger partial charge is 0.464 e. The molecule has 0 aliphatic carbocycles. The normalized spacial score (nSPS) is 15.9. The third kappa shape index (κ3) is 8.61. The van der Waals surface area contributed by atoms with Crippen molar-refractivity contribution in [2.45, 2.75) is 45.4 Å². The van der Waals surface area contributed by atoms with Gasteiger partial charge in [0.2, 0.25) is 5.91 Å². The van der Waals surface area contributed by atoms with Crippen molar-refractivity contribution >= 4 is 11.9 Å². The van der Waals surface area contributed by atoms with E-state index in [0.717, 1.165) is 38.6 Å². The number of esters is 1. The highest BCUT2D eigenvalue weighted by Gasteiger charge is 2.03. The molecule has 0 spiro atoms. The van der Waals surface area contributed by atoms with Gasteiger partial charge in [-0.25, -0.2) is 4.79 Å². The maximum absolute atomic E-state index is 10.6. The molecule has 0 aromatic carbocycles. The van der Waals surface area contributed by atoms with Crippen LogP contribution in [0, 0.1) is 0 Å². The average molecular weight is 256 g/mol. The second kappa shape index (κ2) is 10.6. The molecular formula is C13H24N2O3. The third-order valence-electron chi connectivity index (χ3n) is 2.48. The van der Waals surface area contributed by atoms with Crippen LogP contribution in [0.5, 0.6) is 0 Å². The second-order valence-corrected chi connectivity index (χ2v) is 4.10. The van der Waals surface area contributed by atoms with Crippen LogP contribution in [-0.4, -0.2) is 25.5 Å². The maximum atomic E-state index is 10.6. The van der Waals surface area contributed by atoms with Gasteiger partial charge in [-0.05, 0) is 19.3 Å². The van der Waals surface area contributed by atoms with Gasteiger partial charge < -0.3 is 15.8 Å². The first kappa shape index (κ1) is 16.5. The van der Waals surface area contributed by atoms with Gasteiger partial charge in [0.25, 0.3) is 0 Å². The summed E-state index contributed by atoms with van der Waals surface area (Å²) in [6.07, 6.45) is 7.65. The molecule has 1 aliphatic heterocycles. The smallest absolute Gasteiger partial charge is 0.353 e. The topological polar surface area (TPSA) is 81.4 Å². The number of amides is 1. The summed E-state index contributed by atoms with van der Waals surface area (Å²) >= 11 is 0. The van der Waals surface area contributed by atoms with E-state index in [2.05, 4.69) is 10.1 Å². The minimum absolute atomic E-state index is 0.198. The van der Waals surface area contributed by atoms with Crippen molar-refractivity contribution in [3.63, 3.8) is 0 Å². The summed E-state index contributed by atoms with van der Waals surface area (Å²) in [5.74, 6) is -0.226. The molecule has 104 valence electrons. The molecule has 0 radical (unpaired) electrons. The molecular weight excluding hydrogens is 232 g/mol. The van der Waals surface area contributed by atoms with Gasteiger partial charge in [0.15, 0.2) is 0 Å². The van der Waals surface area contributed by atoms with Crippen LogP contribution >= 0.6 is 0 Å². The number of hydrogen-bond donors (Lipinski definition) is 2. The molecule has 0 aromatic rings. The second-order valence-electron chi connectivity index (χ2n) is 4.10. The van der Waals surface area contributed by atoms with Gasteiger partial charge in [0, 0.05) is 13.0 Å². The van der Waals surface area contributed by atoms with E-state index in [9.17, 15) is 9.59 Å². The summed E-state index contributed by atoms with van der Waals surface area (Å²) in [7, 11) is 1.31. The number of nitrogens with one attached hydrogen (secondary N) is 1. The minimum atomic E-state index is -0.451. The highest BCUT2D eigenvalue weighted by Crippen LogP contribution is 2.02. The lowest BCUT2D eigenvalue weighted by Gasteiger charge is -1.96. The van der Waals surface area contributed by atoms with Crippen molar-refractivity contribution in [2.24, 2.45) is 5.73 Å². The Bertz CT molecular complexity index is 278. The zero-order chi connectivity index (χ0) is 13.8. The van der Waals surface area contributed by atoms with Crippen molar-refractivity contribution in [2.75, 3.05) is 13.7 Å². The summed E-state index contributed by atoms with van der Waals surface area (Å²) in [5, 5.41) is 2.81. The molecule has 1 aliphatic rings. The first-order valence-electron chi connectivity index (χ1n) is 6.42. The molecule has 1 saturated heterocycles. The number of allylic oxidation sites excluding steroid dienone is 1. The number of nitrogens with two attached hydrogens (primary N) is 1. The Hall–Kier alpha value is -1.52. The van der Waals surface area contributed by atoms with Gasteiger partial charge >= 0.3 is 5.97 Å². The summed E-state index contributed by atoms with van der Waals surface area (Å²) in [6.45, 7) is 2.90. The Kier molecular flexibility index (Phi) is 9.73. The average Bonchev–Trinajstić information content (AvgIpc) is 2.63. The molecule has 0 saturated carbocycles. The summed E-state index contributed by atoms with van der Waals surface area (Å²) in [5.41, 5.74) is 5.50. The Morgan fingerprint density at radius 1 is 1.44 bits per heavy atom. The van der Waals surface area contributed by atoms with Crippen LogP contribution in [0.15, 0.2) is 11.8 Å². The Labute approximate surface area is 109 Å². The maximum Gasteiger partial charge on any atom is 0.353 e. The highest BCUT2D eigenvalue weighted by atomic mass is 16.5. The molecule has 18 heavy (non-hydrogen) atoms. The zero-order valence-electron chi connectivity index (χ0n) is 11.3. The Balaban J connectivity index is 0.000000327. The number of rotatable bonds is 3. The van der Waals surface area contributed by atoms with Gasteiger partial charge in [0.1, 0.15) is 5.70 Å².